The van der Waals surface area contributed by atoms with Crippen molar-refractivity contribution < 1.29 is 4.42 Å². The van der Waals surface area contributed by atoms with Crippen LogP contribution < -0.4 is 5.32 Å². The normalized spacial score (nSPS) is 16.9. The first-order valence-corrected chi connectivity index (χ1v) is 6.16. The van der Waals surface area contributed by atoms with Gasteiger partial charge < -0.3 is 9.73 Å². The summed E-state index contributed by atoms with van der Waals surface area (Å²) in [4.78, 5) is 8.26. The second-order valence-electron chi connectivity index (χ2n) is 4.49. The Balaban J connectivity index is 1.82. The van der Waals surface area contributed by atoms with E-state index >= 15 is 0 Å². The third kappa shape index (κ3) is 2.24. The Kier molecular flexibility index (Phi) is 3.02. The summed E-state index contributed by atoms with van der Waals surface area (Å²) in [6.07, 6.45) is 5.52. The van der Waals surface area contributed by atoms with Gasteiger partial charge in [0.2, 0.25) is 5.89 Å². The van der Waals surface area contributed by atoms with Crippen LogP contribution in [0.5, 0.6) is 0 Å². The maximum absolute atomic E-state index is 5.72. The molecular weight excluding hydrogens is 230 g/mol. The van der Waals surface area contributed by atoms with E-state index in [9.17, 15) is 0 Å². The van der Waals surface area contributed by atoms with Gasteiger partial charge in [0.1, 0.15) is 5.82 Å². The van der Waals surface area contributed by atoms with Crippen LogP contribution in [0.1, 0.15) is 30.5 Å². The van der Waals surface area contributed by atoms with E-state index < -0.39 is 0 Å². The fraction of sp³-hybridized carbons (Fsp3) is 0.500. The van der Waals surface area contributed by atoms with Gasteiger partial charge in [-0.2, -0.15) is 0 Å². The van der Waals surface area contributed by atoms with Crippen LogP contribution in [0, 0.1) is 6.92 Å². The summed E-state index contributed by atoms with van der Waals surface area (Å²) < 4.78 is 5.72. The van der Waals surface area contributed by atoms with E-state index in [1.165, 1.54) is 0 Å². The smallest absolute Gasteiger partial charge is 0.250 e. The zero-order valence-electron chi connectivity index (χ0n) is 10.3. The standard InChI is InChI=1S/C12H15N5O/c1-8-14-6-10(7-15-8)12-17-16-11(18-12)9-2-4-13-5-3-9/h6-7,9,13H,2-5H2,1H3. The van der Waals surface area contributed by atoms with Crippen molar-refractivity contribution in [3.8, 4) is 11.5 Å². The highest BCUT2D eigenvalue weighted by Gasteiger charge is 2.21. The molecule has 0 saturated carbocycles. The van der Waals surface area contributed by atoms with Crippen molar-refractivity contribution in [2.24, 2.45) is 0 Å². The van der Waals surface area contributed by atoms with Gasteiger partial charge in [0.15, 0.2) is 0 Å². The van der Waals surface area contributed by atoms with Crippen molar-refractivity contribution in [3.63, 3.8) is 0 Å². The zero-order valence-corrected chi connectivity index (χ0v) is 10.3. The lowest BCUT2D eigenvalue weighted by Crippen LogP contribution is -2.26. The van der Waals surface area contributed by atoms with Crippen LogP contribution in [-0.2, 0) is 0 Å². The van der Waals surface area contributed by atoms with E-state index in [0.717, 1.165) is 43.2 Å². The molecule has 1 N–H and O–H groups in total. The predicted octanol–water partition coefficient (Wildman–Crippen LogP) is 1.30. The van der Waals surface area contributed by atoms with Gasteiger partial charge in [0.25, 0.3) is 5.89 Å². The third-order valence-electron chi connectivity index (χ3n) is 3.16. The average molecular weight is 245 g/mol. The summed E-state index contributed by atoms with van der Waals surface area (Å²) in [5.41, 5.74) is 0.772. The number of aryl methyl sites for hydroxylation is 1. The molecule has 0 aromatic carbocycles. The highest BCUT2D eigenvalue weighted by atomic mass is 16.4. The molecule has 0 radical (unpaired) electrons. The van der Waals surface area contributed by atoms with Gasteiger partial charge in [0, 0.05) is 18.3 Å². The van der Waals surface area contributed by atoms with Crippen LogP contribution in [0.4, 0.5) is 0 Å². The number of aromatic nitrogens is 4. The maximum atomic E-state index is 5.72. The van der Waals surface area contributed by atoms with Crippen LogP contribution in [-0.4, -0.2) is 33.3 Å². The maximum Gasteiger partial charge on any atom is 0.250 e. The first-order valence-electron chi connectivity index (χ1n) is 6.16. The number of piperidine rings is 1. The van der Waals surface area contributed by atoms with Crippen LogP contribution in [0.3, 0.4) is 0 Å². The van der Waals surface area contributed by atoms with Crippen LogP contribution in [0.15, 0.2) is 16.8 Å². The lowest BCUT2D eigenvalue weighted by atomic mass is 9.98. The fourth-order valence-electron chi connectivity index (χ4n) is 2.09. The van der Waals surface area contributed by atoms with Gasteiger partial charge in [-0.3, -0.25) is 0 Å². The molecule has 1 aliphatic rings. The molecule has 94 valence electrons. The number of hydrogen-bond donors (Lipinski definition) is 1. The minimum atomic E-state index is 0.374. The molecule has 3 rings (SSSR count). The fourth-order valence-corrected chi connectivity index (χ4v) is 2.09. The van der Waals surface area contributed by atoms with Crippen molar-refractivity contribution in [2.75, 3.05) is 13.1 Å². The molecular formula is C12H15N5O. The Morgan fingerprint density at radius 2 is 1.89 bits per heavy atom. The average Bonchev–Trinajstić information content (AvgIpc) is 2.90. The Hall–Kier alpha value is -1.82. The number of hydrogen-bond acceptors (Lipinski definition) is 6. The van der Waals surface area contributed by atoms with Gasteiger partial charge in [-0.1, -0.05) is 0 Å². The van der Waals surface area contributed by atoms with Gasteiger partial charge in [-0.25, -0.2) is 9.97 Å². The lowest BCUT2D eigenvalue weighted by Gasteiger charge is -2.18. The van der Waals surface area contributed by atoms with Crippen LogP contribution >= 0.6 is 0 Å². The Bertz CT molecular complexity index is 516. The minimum absolute atomic E-state index is 0.374. The molecule has 2 aromatic rings. The van der Waals surface area contributed by atoms with Crippen LogP contribution in [0.25, 0.3) is 11.5 Å². The highest BCUT2D eigenvalue weighted by Crippen LogP contribution is 2.26. The van der Waals surface area contributed by atoms with E-state index in [4.69, 9.17) is 4.42 Å². The Morgan fingerprint density at radius 3 is 2.61 bits per heavy atom. The predicted molar refractivity (Wildman–Crippen MR) is 64.9 cm³/mol. The topological polar surface area (TPSA) is 76.7 Å². The summed E-state index contributed by atoms with van der Waals surface area (Å²) in [5.74, 6) is 2.34. The molecule has 0 amide bonds. The molecule has 6 heteroatoms. The van der Waals surface area contributed by atoms with E-state index in [-0.39, 0.29) is 0 Å². The molecule has 0 aliphatic carbocycles. The van der Waals surface area contributed by atoms with E-state index in [1.54, 1.807) is 12.4 Å². The van der Waals surface area contributed by atoms with E-state index in [0.29, 0.717) is 11.8 Å². The number of nitrogens with zero attached hydrogens (tertiary/aromatic N) is 4. The molecule has 6 nitrogen and oxygen atoms in total. The zero-order chi connectivity index (χ0) is 12.4. The van der Waals surface area contributed by atoms with Crippen molar-refractivity contribution in [1.82, 2.24) is 25.5 Å². The molecule has 0 spiro atoms. The molecule has 0 atom stereocenters. The van der Waals surface area contributed by atoms with Gasteiger partial charge in [0.05, 0.1) is 5.56 Å². The van der Waals surface area contributed by atoms with E-state index in [1.807, 2.05) is 6.92 Å². The molecule has 0 bridgehead atoms. The number of rotatable bonds is 2. The summed E-state index contributed by atoms with van der Waals surface area (Å²) in [6.45, 7) is 3.87. The molecule has 1 aliphatic heterocycles. The molecule has 1 fully saturated rings. The first-order chi connectivity index (χ1) is 8.83. The minimum Gasteiger partial charge on any atom is -0.420 e. The van der Waals surface area contributed by atoms with Gasteiger partial charge in [-0.15, -0.1) is 10.2 Å². The molecule has 0 unspecified atom stereocenters. The first kappa shape index (κ1) is 11.3. The molecule has 1 saturated heterocycles. The second kappa shape index (κ2) is 4.81. The quantitative estimate of drug-likeness (QED) is 0.859. The van der Waals surface area contributed by atoms with Crippen molar-refractivity contribution >= 4 is 0 Å². The summed E-state index contributed by atoms with van der Waals surface area (Å²) >= 11 is 0. The third-order valence-corrected chi connectivity index (χ3v) is 3.16. The molecule has 2 aromatic heterocycles. The van der Waals surface area contributed by atoms with E-state index in [2.05, 4.69) is 25.5 Å². The second-order valence-corrected chi connectivity index (χ2v) is 4.49. The monoisotopic (exact) mass is 245 g/mol. The Morgan fingerprint density at radius 1 is 1.17 bits per heavy atom. The van der Waals surface area contributed by atoms with Gasteiger partial charge in [-0.05, 0) is 32.9 Å². The SMILES string of the molecule is Cc1ncc(-c2nnc(C3CCNCC3)o2)cn1. The highest BCUT2D eigenvalue weighted by molar-refractivity contribution is 5.48. The van der Waals surface area contributed by atoms with Crippen molar-refractivity contribution in [1.29, 1.82) is 0 Å². The van der Waals surface area contributed by atoms with Crippen molar-refractivity contribution in [2.45, 2.75) is 25.7 Å². The number of nitrogens with one attached hydrogen (secondary N) is 1. The molecule has 3 heterocycles. The van der Waals surface area contributed by atoms with Crippen molar-refractivity contribution in [3.05, 3.63) is 24.1 Å². The largest absolute Gasteiger partial charge is 0.420 e. The summed E-state index contributed by atoms with van der Waals surface area (Å²) in [6, 6.07) is 0. The molecule has 18 heavy (non-hydrogen) atoms. The van der Waals surface area contributed by atoms with Gasteiger partial charge >= 0.3 is 0 Å². The Labute approximate surface area is 105 Å². The summed E-state index contributed by atoms with van der Waals surface area (Å²) in [5, 5.41) is 11.5. The lowest BCUT2D eigenvalue weighted by molar-refractivity contribution is 0.378. The van der Waals surface area contributed by atoms with Crippen LogP contribution in [0.2, 0.25) is 0 Å². The summed E-state index contributed by atoms with van der Waals surface area (Å²) in [7, 11) is 0.